The van der Waals surface area contributed by atoms with E-state index in [1.165, 1.54) is 4.90 Å². The molecule has 0 aromatic heterocycles. The molecule has 0 aliphatic carbocycles. The number of hydrogen-bond donors (Lipinski definition) is 2. The number of quaternary nitrogens is 1. The minimum absolute atomic E-state index is 0.137. The van der Waals surface area contributed by atoms with Crippen molar-refractivity contribution in [3.05, 3.63) is 75.3 Å². The van der Waals surface area contributed by atoms with Gasteiger partial charge in [-0.3, -0.25) is 9.59 Å². The number of nitrogens with zero attached hydrogens (tertiary/aromatic N) is 1. The highest BCUT2D eigenvalue weighted by Gasteiger charge is 2.45. The molecule has 1 aliphatic rings. The van der Waals surface area contributed by atoms with Crippen molar-refractivity contribution < 1.29 is 19.6 Å². The van der Waals surface area contributed by atoms with E-state index in [0.29, 0.717) is 12.1 Å². The summed E-state index contributed by atoms with van der Waals surface area (Å²) in [5, 5.41) is 11.0. The van der Waals surface area contributed by atoms with Crippen LogP contribution in [0.1, 0.15) is 29.2 Å². The zero-order chi connectivity index (χ0) is 21.1. The fourth-order valence-corrected chi connectivity index (χ4v) is 3.84. The maximum Gasteiger partial charge on any atom is 0.295 e. The van der Waals surface area contributed by atoms with Gasteiger partial charge in [0.15, 0.2) is 0 Å². The normalized spacial score (nSPS) is 18.7. The van der Waals surface area contributed by atoms with Gasteiger partial charge < -0.3 is 14.9 Å². The Bertz CT molecular complexity index is 934. The van der Waals surface area contributed by atoms with Crippen LogP contribution >= 0.6 is 15.9 Å². The van der Waals surface area contributed by atoms with E-state index < -0.39 is 17.7 Å². The van der Waals surface area contributed by atoms with E-state index in [2.05, 4.69) is 30.0 Å². The Kier molecular flexibility index (Phi) is 6.55. The number of carbonyl (C=O) groups is 2. The monoisotopic (exact) mass is 457 g/mol. The van der Waals surface area contributed by atoms with Gasteiger partial charge in [-0.15, -0.1) is 0 Å². The predicted octanol–water partition coefficient (Wildman–Crippen LogP) is 2.71. The molecule has 1 saturated heterocycles. The summed E-state index contributed by atoms with van der Waals surface area (Å²) in [5.74, 6) is -1.32. The van der Waals surface area contributed by atoms with E-state index in [0.717, 1.165) is 28.6 Å². The zero-order valence-electron chi connectivity index (χ0n) is 16.9. The van der Waals surface area contributed by atoms with Crippen molar-refractivity contribution in [3.63, 3.8) is 0 Å². The number of halogens is 1. The van der Waals surface area contributed by atoms with Crippen LogP contribution in [-0.2, 0) is 9.59 Å². The molecule has 1 amide bonds. The van der Waals surface area contributed by atoms with Gasteiger partial charge in [-0.1, -0.05) is 57.9 Å². The number of likely N-dealkylation sites (tertiary alicyclic amines) is 1. The van der Waals surface area contributed by atoms with Crippen molar-refractivity contribution in [2.75, 3.05) is 27.2 Å². The van der Waals surface area contributed by atoms with Gasteiger partial charge in [0.1, 0.15) is 5.76 Å². The maximum absolute atomic E-state index is 12.9. The molecule has 2 N–H and O–H groups in total. The first-order chi connectivity index (χ1) is 13.8. The van der Waals surface area contributed by atoms with Crippen LogP contribution in [-0.4, -0.2) is 48.9 Å². The molecule has 3 rings (SSSR count). The fraction of sp³-hybridized carbons (Fsp3) is 0.304. The molecule has 1 fully saturated rings. The van der Waals surface area contributed by atoms with Crippen molar-refractivity contribution >= 4 is 33.4 Å². The standard InChI is InChI=1S/C23H25BrN2O3/c1-15-5-7-16(8-6-15)20-19(21(27)17-9-11-18(24)12-10-17)22(28)23(29)26(20)14-4-13-25(2)3/h5-12,20,27H,4,13-14H2,1-3H3/p+1/t20-/m0/s1. The number of Topliss-reactive ketones (excluding diaryl/α,β-unsaturated/α-hetero) is 1. The Hall–Kier alpha value is -2.44. The van der Waals surface area contributed by atoms with Gasteiger partial charge >= 0.3 is 0 Å². The third kappa shape index (κ3) is 4.60. The van der Waals surface area contributed by atoms with E-state index >= 15 is 0 Å². The third-order valence-electron chi connectivity index (χ3n) is 5.13. The molecular formula is C23H26BrN2O3+. The van der Waals surface area contributed by atoms with Crippen LogP contribution in [0.2, 0.25) is 0 Å². The van der Waals surface area contributed by atoms with Crippen LogP contribution in [0.5, 0.6) is 0 Å². The van der Waals surface area contributed by atoms with Crippen LogP contribution in [0.3, 0.4) is 0 Å². The van der Waals surface area contributed by atoms with Gasteiger partial charge in [0, 0.05) is 23.0 Å². The number of ketones is 1. The smallest absolute Gasteiger partial charge is 0.295 e. The summed E-state index contributed by atoms with van der Waals surface area (Å²) in [4.78, 5) is 28.6. The van der Waals surface area contributed by atoms with Gasteiger partial charge in [0.05, 0.1) is 32.3 Å². The van der Waals surface area contributed by atoms with Crippen LogP contribution in [0.15, 0.2) is 58.6 Å². The Balaban J connectivity index is 2.07. The van der Waals surface area contributed by atoms with Gasteiger partial charge in [-0.25, -0.2) is 0 Å². The summed E-state index contributed by atoms with van der Waals surface area (Å²) in [6.07, 6.45) is 0.774. The number of hydrogen-bond acceptors (Lipinski definition) is 3. The van der Waals surface area contributed by atoms with Crippen LogP contribution in [0.4, 0.5) is 0 Å². The highest BCUT2D eigenvalue weighted by Crippen LogP contribution is 2.39. The molecule has 1 atom stereocenters. The van der Waals surface area contributed by atoms with Crippen molar-refractivity contribution in [2.24, 2.45) is 0 Å². The molecule has 2 aromatic rings. The number of rotatable bonds is 6. The molecular weight excluding hydrogens is 432 g/mol. The highest BCUT2D eigenvalue weighted by atomic mass is 79.9. The molecule has 1 aliphatic heterocycles. The van der Waals surface area contributed by atoms with E-state index in [4.69, 9.17) is 0 Å². The molecule has 0 saturated carbocycles. The fourth-order valence-electron chi connectivity index (χ4n) is 3.57. The molecule has 152 valence electrons. The van der Waals surface area contributed by atoms with Crippen molar-refractivity contribution in [2.45, 2.75) is 19.4 Å². The van der Waals surface area contributed by atoms with Crippen molar-refractivity contribution in [3.8, 4) is 0 Å². The Morgan fingerprint density at radius 2 is 1.69 bits per heavy atom. The quantitative estimate of drug-likeness (QED) is 0.398. The summed E-state index contributed by atoms with van der Waals surface area (Å²) in [6.45, 7) is 3.34. The molecule has 2 aromatic carbocycles. The number of benzene rings is 2. The third-order valence-corrected chi connectivity index (χ3v) is 5.66. The average molecular weight is 458 g/mol. The van der Waals surface area contributed by atoms with Gasteiger partial charge in [0.2, 0.25) is 0 Å². The molecule has 6 heteroatoms. The number of aryl methyl sites for hydroxylation is 1. The minimum Gasteiger partial charge on any atom is -0.507 e. The van der Waals surface area contributed by atoms with Crippen LogP contribution in [0, 0.1) is 6.92 Å². The van der Waals surface area contributed by atoms with E-state index in [-0.39, 0.29) is 11.3 Å². The predicted molar refractivity (Wildman–Crippen MR) is 117 cm³/mol. The number of aliphatic hydroxyl groups is 1. The number of amides is 1. The second-order valence-electron chi connectivity index (χ2n) is 7.72. The lowest BCUT2D eigenvalue weighted by Gasteiger charge is -2.25. The lowest BCUT2D eigenvalue weighted by atomic mass is 9.94. The first-order valence-electron chi connectivity index (χ1n) is 9.69. The summed E-state index contributed by atoms with van der Waals surface area (Å²) >= 11 is 3.38. The molecule has 5 nitrogen and oxygen atoms in total. The van der Waals surface area contributed by atoms with Crippen LogP contribution < -0.4 is 4.90 Å². The second kappa shape index (κ2) is 8.93. The summed E-state index contributed by atoms with van der Waals surface area (Å²) in [7, 11) is 4.11. The lowest BCUT2D eigenvalue weighted by molar-refractivity contribution is -0.858. The van der Waals surface area contributed by atoms with Crippen molar-refractivity contribution in [1.29, 1.82) is 0 Å². The van der Waals surface area contributed by atoms with Gasteiger partial charge in [0.25, 0.3) is 11.7 Å². The first kappa shape index (κ1) is 21.3. The first-order valence-corrected chi connectivity index (χ1v) is 10.5. The number of aliphatic hydroxyl groups excluding tert-OH is 1. The molecule has 29 heavy (non-hydrogen) atoms. The molecule has 1 heterocycles. The lowest BCUT2D eigenvalue weighted by Crippen LogP contribution is -3.05. The number of nitrogens with one attached hydrogen (secondary N) is 1. The van der Waals surface area contributed by atoms with E-state index in [1.54, 1.807) is 29.2 Å². The topological polar surface area (TPSA) is 62.0 Å². The highest BCUT2D eigenvalue weighted by molar-refractivity contribution is 9.10. The second-order valence-corrected chi connectivity index (χ2v) is 8.64. The van der Waals surface area contributed by atoms with E-state index in [1.807, 2.05) is 31.2 Å². The molecule has 0 radical (unpaired) electrons. The van der Waals surface area contributed by atoms with Crippen LogP contribution in [0.25, 0.3) is 5.76 Å². The Morgan fingerprint density at radius 1 is 1.07 bits per heavy atom. The Labute approximate surface area is 179 Å². The maximum atomic E-state index is 12.9. The summed E-state index contributed by atoms with van der Waals surface area (Å²) in [5.41, 5.74) is 2.58. The average Bonchev–Trinajstić information content (AvgIpc) is 2.93. The zero-order valence-corrected chi connectivity index (χ0v) is 18.5. The largest absolute Gasteiger partial charge is 0.507 e. The van der Waals surface area contributed by atoms with E-state index in [9.17, 15) is 14.7 Å². The van der Waals surface area contributed by atoms with Gasteiger partial charge in [-0.05, 0) is 24.6 Å². The van der Waals surface area contributed by atoms with Gasteiger partial charge in [-0.2, -0.15) is 0 Å². The Morgan fingerprint density at radius 3 is 2.28 bits per heavy atom. The number of carbonyl (C=O) groups excluding carboxylic acids is 2. The SMILES string of the molecule is Cc1ccc([C@H]2C(=C(O)c3ccc(Br)cc3)C(=O)C(=O)N2CCC[NH+](C)C)cc1. The molecule has 0 unspecified atom stereocenters. The van der Waals surface area contributed by atoms with Crippen molar-refractivity contribution in [1.82, 2.24) is 4.90 Å². The minimum atomic E-state index is -0.631. The summed E-state index contributed by atoms with van der Waals surface area (Å²) < 4.78 is 0.871. The molecule has 0 bridgehead atoms. The summed E-state index contributed by atoms with van der Waals surface area (Å²) in [6, 6.07) is 14.2. The molecule has 0 spiro atoms.